The van der Waals surface area contributed by atoms with Gasteiger partial charge in [-0.25, -0.2) is 0 Å². The van der Waals surface area contributed by atoms with E-state index in [0.717, 1.165) is 31.9 Å². The van der Waals surface area contributed by atoms with Crippen LogP contribution in [0.5, 0.6) is 0 Å². The van der Waals surface area contributed by atoms with E-state index in [4.69, 9.17) is 0 Å². The quantitative estimate of drug-likeness (QED) is 0.778. The van der Waals surface area contributed by atoms with Gasteiger partial charge >= 0.3 is 6.18 Å². The average molecular weight is 283 g/mol. The second-order valence-electron chi connectivity index (χ2n) is 5.14. The first-order valence-electron chi connectivity index (χ1n) is 7.12. The molecule has 1 aliphatic rings. The molecular weight excluding hydrogens is 263 g/mol. The Labute approximate surface area is 117 Å². The van der Waals surface area contributed by atoms with E-state index in [9.17, 15) is 13.2 Å². The highest BCUT2D eigenvalue weighted by molar-refractivity contribution is 5.33. The lowest BCUT2D eigenvalue weighted by atomic mass is 9.89. The van der Waals surface area contributed by atoms with E-state index >= 15 is 0 Å². The SMILES string of the molecule is CCNC(C1=CCCCC1)c1cccc(C(F)(F)F)c1. The van der Waals surface area contributed by atoms with Crippen molar-refractivity contribution in [3.63, 3.8) is 0 Å². The third-order valence-electron chi connectivity index (χ3n) is 3.65. The zero-order valence-corrected chi connectivity index (χ0v) is 11.6. The van der Waals surface area contributed by atoms with Gasteiger partial charge in [0.05, 0.1) is 11.6 Å². The van der Waals surface area contributed by atoms with E-state index in [0.29, 0.717) is 5.56 Å². The molecule has 4 heteroatoms. The Morgan fingerprint density at radius 1 is 1.25 bits per heavy atom. The first-order valence-corrected chi connectivity index (χ1v) is 7.12. The van der Waals surface area contributed by atoms with Crippen molar-refractivity contribution in [3.05, 3.63) is 47.0 Å². The van der Waals surface area contributed by atoms with Crippen LogP contribution in [0.15, 0.2) is 35.9 Å². The summed E-state index contributed by atoms with van der Waals surface area (Å²) < 4.78 is 38.5. The summed E-state index contributed by atoms with van der Waals surface area (Å²) in [6.07, 6.45) is 2.17. The van der Waals surface area contributed by atoms with E-state index in [1.54, 1.807) is 6.07 Å². The summed E-state index contributed by atoms with van der Waals surface area (Å²) in [6, 6.07) is 5.57. The molecule has 1 aromatic rings. The molecule has 0 bridgehead atoms. The van der Waals surface area contributed by atoms with Crippen LogP contribution in [0, 0.1) is 0 Å². The fourth-order valence-corrected chi connectivity index (χ4v) is 2.69. The highest BCUT2D eigenvalue weighted by Crippen LogP contribution is 2.34. The molecule has 0 spiro atoms. The number of rotatable bonds is 4. The van der Waals surface area contributed by atoms with Crippen LogP contribution in [0.2, 0.25) is 0 Å². The minimum absolute atomic E-state index is 0.0948. The van der Waals surface area contributed by atoms with Crippen molar-refractivity contribution in [1.29, 1.82) is 0 Å². The fourth-order valence-electron chi connectivity index (χ4n) is 2.69. The third kappa shape index (κ3) is 3.63. The minimum Gasteiger partial charge on any atom is -0.307 e. The predicted molar refractivity (Wildman–Crippen MR) is 74.4 cm³/mol. The molecule has 0 aromatic heterocycles. The van der Waals surface area contributed by atoms with Gasteiger partial charge in [-0.1, -0.05) is 30.7 Å². The molecule has 2 rings (SSSR count). The average Bonchev–Trinajstić information content (AvgIpc) is 2.45. The lowest BCUT2D eigenvalue weighted by Crippen LogP contribution is -2.24. The molecule has 1 aromatic carbocycles. The highest BCUT2D eigenvalue weighted by Gasteiger charge is 2.31. The summed E-state index contributed by atoms with van der Waals surface area (Å²) in [6.45, 7) is 2.71. The zero-order valence-electron chi connectivity index (χ0n) is 11.6. The summed E-state index contributed by atoms with van der Waals surface area (Å²) in [4.78, 5) is 0. The maximum Gasteiger partial charge on any atom is 0.416 e. The Kier molecular flexibility index (Phi) is 4.86. The number of nitrogens with one attached hydrogen (secondary N) is 1. The Bertz CT molecular complexity index is 477. The van der Waals surface area contributed by atoms with Gasteiger partial charge in [0.1, 0.15) is 0 Å². The predicted octanol–water partition coefficient (Wildman–Crippen LogP) is 4.86. The van der Waals surface area contributed by atoms with E-state index in [2.05, 4.69) is 11.4 Å². The van der Waals surface area contributed by atoms with Gasteiger partial charge in [0.15, 0.2) is 0 Å². The van der Waals surface area contributed by atoms with E-state index in [-0.39, 0.29) is 6.04 Å². The fraction of sp³-hybridized carbons (Fsp3) is 0.500. The van der Waals surface area contributed by atoms with Crippen molar-refractivity contribution in [1.82, 2.24) is 5.32 Å². The van der Waals surface area contributed by atoms with Gasteiger partial charge in [-0.2, -0.15) is 13.2 Å². The molecule has 0 amide bonds. The Hall–Kier alpha value is -1.29. The molecule has 0 saturated heterocycles. The largest absolute Gasteiger partial charge is 0.416 e. The molecule has 0 saturated carbocycles. The zero-order chi connectivity index (χ0) is 14.6. The second kappa shape index (κ2) is 6.44. The number of hydrogen-bond donors (Lipinski definition) is 1. The van der Waals surface area contributed by atoms with Crippen LogP contribution < -0.4 is 5.32 Å². The third-order valence-corrected chi connectivity index (χ3v) is 3.65. The van der Waals surface area contributed by atoms with E-state index < -0.39 is 11.7 Å². The number of allylic oxidation sites excluding steroid dienone is 1. The van der Waals surface area contributed by atoms with Gasteiger partial charge in [-0.3, -0.25) is 0 Å². The molecule has 0 radical (unpaired) electrons. The van der Waals surface area contributed by atoms with Crippen molar-refractivity contribution in [2.75, 3.05) is 6.54 Å². The van der Waals surface area contributed by atoms with Gasteiger partial charge < -0.3 is 5.32 Å². The van der Waals surface area contributed by atoms with Crippen molar-refractivity contribution in [2.24, 2.45) is 0 Å². The number of likely N-dealkylation sites (N-methyl/N-ethyl adjacent to an activating group) is 1. The first-order chi connectivity index (χ1) is 9.52. The molecule has 1 unspecified atom stereocenters. The van der Waals surface area contributed by atoms with Crippen LogP contribution >= 0.6 is 0 Å². The van der Waals surface area contributed by atoms with E-state index in [1.807, 2.05) is 6.92 Å². The lowest BCUT2D eigenvalue weighted by Gasteiger charge is -2.25. The highest BCUT2D eigenvalue weighted by atomic mass is 19.4. The Morgan fingerprint density at radius 3 is 2.65 bits per heavy atom. The monoisotopic (exact) mass is 283 g/mol. The molecule has 110 valence electrons. The maximum atomic E-state index is 12.8. The maximum absolute atomic E-state index is 12.8. The molecular formula is C16H20F3N. The molecule has 0 fully saturated rings. The van der Waals surface area contributed by atoms with Gasteiger partial charge in [0.25, 0.3) is 0 Å². The molecule has 1 aliphatic carbocycles. The van der Waals surface area contributed by atoms with Crippen molar-refractivity contribution in [2.45, 2.75) is 44.8 Å². The van der Waals surface area contributed by atoms with Gasteiger partial charge in [-0.05, 0) is 49.9 Å². The molecule has 0 aliphatic heterocycles. The minimum atomic E-state index is -4.28. The molecule has 1 N–H and O–H groups in total. The number of alkyl halides is 3. The van der Waals surface area contributed by atoms with E-state index in [1.165, 1.54) is 24.1 Å². The van der Waals surface area contributed by atoms with Crippen LogP contribution in [-0.2, 0) is 6.18 Å². The summed E-state index contributed by atoms with van der Waals surface area (Å²) >= 11 is 0. The number of hydrogen-bond acceptors (Lipinski definition) is 1. The lowest BCUT2D eigenvalue weighted by molar-refractivity contribution is -0.137. The van der Waals surface area contributed by atoms with Gasteiger partial charge in [0, 0.05) is 0 Å². The molecule has 0 heterocycles. The summed E-state index contributed by atoms with van der Waals surface area (Å²) in [7, 11) is 0. The summed E-state index contributed by atoms with van der Waals surface area (Å²) in [5.74, 6) is 0. The van der Waals surface area contributed by atoms with Crippen molar-refractivity contribution in [3.8, 4) is 0 Å². The normalized spacial score (nSPS) is 17.7. The Morgan fingerprint density at radius 2 is 2.05 bits per heavy atom. The molecule has 1 atom stereocenters. The first kappa shape index (κ1) is 15.1. The van der Waals surface area contributed by atoms with Gasteiger partial charge in [0.2, 0.25) is 0 Å². The number of halogens is 3. The Balaban J connectivity index is 2.31. The molecule has 20 heavy (non-hydrogen) atoms. The van der Waals surface area contributed by atoms with Crippen LogP contribution in [0.25, 0.3) is 0 Å². The molecule has 1 nitrogen and oxygen atoms in total. The number of benzene rings is 1. The summed E-state index contributed by atoms with van der Waals surface area (Å²) in [5, 5.41) is 3.31. The van der Waals surface area contributed by atoms with Crippen LogP contribution in [-0.4, -0.2) is 6.54 Å². The topological polar surface area (TPSA) is 12.0 Å². The summed E-state index contributed by atoms with van der Waals surface area (Å²) in [5.41, 5.74) is 1.35. The second-order valence-corrected chi connectivity index (χ2v) is 5.14. The standard InChI is InChI=1S/C16H20F3N/c1-2-20-15(12-7-4-3-5-8-12)13-9-6-10-14(11-13)16(17,18)19/h6-7,9-11,15,20H,2-5,8H2,1H3. The smallest absolute Gasteiger partial charge is 0.307 e. The van der Waals surface area contributed by atoms with Crippen LogP contribution in [0.3, 0.4) is 0 Å². The van der Waals surface area contributed by atoms with Crippen LogP contribution in [0.4, 0.5) is 13.2 Å². The van der Waals surface area contributed by atoms with Crippen molar-refractivity contribution < 1.29 is 13.2 Å². The van der Waals surface area contributed by atoms with Crippen molar-refractivity contribution >= 4 is 0 Å². The van der Waals surface area contributed by atoms with Crippen LogP contribution in [0.1, 0.15) is 49.8 Å². The van der Waals surface area contributed by atoms with Gasteiger partial charge in [-0.15, -0.1) is 0 Å².